The zero-order valence-corrected chi connectivity index (χ0v) is 12.3. The summed E-state index contributed by atoms with van der Waals surface area (Å²) in [5.74, 6) is 0.958. The summed E-state index contributed by atoms with van der Waals surface area (Å²) in [4.78, 5) is 0. The molecule has 0 saturated carbocycles. The second kappa shape index (κ2) is 7.71. The van der Waals surface area contributed by atoms with Gasteiger partial charge >= 0.3 is 0 Å². The summed E-state index contributed by atoms with van der Waals surface area (Å²) in [6.07, 6.45) is 1.18. The summed E-state index contributed by atoms with van der Waals surface area (Å²) >= 11 is 0. The molecule has 0 radical (unpaired) electrons. The van der Waals surface area contributed by atoms with E-state index in [1.165, 1.54) is 11.1 Å². The minimum atomic E-state index is 0.0452. The first-order chi connectivity index (χ1) is 9.81. The van der Waals surface area contributed by atoms with Crippen molar-refractivity contribution < 1.29 is 4.74 Å². The van der Waals surface area contributed by atoms with Gasteiger partial charge in [-0.3, -0.25) is 0 Å². The monoisotopic (exact) mass is 269 g/mol. The van der Waals surface area contributed by atoms with Gasteiger partial charge in [-0.15, -0.1) is 0 Å². The second-order valence-electron chi connectivity index (χ2n) is 4.99. The number of aryl methyl sites for hydroxylation is 1. The number of ether oxygens (including phenoxy) is 1. The Labute approximate surface area is 121 Å². The molecule has 1 atom stereocenters. The molecule has 0 aliphatic carbocycles. The maximum Gasteiger partial charge on any atom is 0.136 e. The molecule has 2 heteroatoms. The van der Waals surface area contributed by atoms with Crippen LogP contribution < -0.4 is 10.1 Å². The Morgan fingerprint density at radius 3 is 2.40 bits per heavy atom. The summed E-state index contributed by atoms with van der Waals surface area (Å²) in [5, 5.41) is 3.45. The molecule has 2 rings (SSSR count). The van der Waals surface area contributed by atoms with Crippen LogP contribution in [0.5, 0.6) is 5.75 Å². The lowest BCUT2D eigenvalue weighted by Gasteiger charge is -2.21. The number of para-hydroxylation sites is 1. The van der Waals surface area contributed by atoms with E-state index in [0.29, 0.717) is 0 Å². The van der Waals surface area contributed by atoms with Gasteiger partial charge in [0.15, 0.2) is 0 Å². The van der Waals surface area contributed by atoms with Crippen LogP contribution in [0.4, 0.5) is 0 Å². The Morgan fingerprint density at radius 2 is 1.70 bits per heavy atom. The normalized spacial score (nSPS) is 12.1. The first kappa shape index (κ1) is 14.6. The molecule has 0 aliphatic heterocycles. The molecule has 2 aromatic rings. The van der Waals surface area contributed by atoms with Gasteiger partial charge < -0.3 is 10.1 Å². The SMILES string of the molecule is CCCNCC(Oc1ccccc1C)c1ccccc1. The molecule has 0 bridgehead atoms. The fraction of sp³-hybridized carbons (Fsp3) is 0.333. The minimum absolute atomic E-state index is 0.0452. The van der Waals surface area contributed by atoms with E-state index >= 15 is 0 Å². The van der Waals surface area contributed by atoms with Crippen molar-refractivity contribution in [2.75, 3.05) is 13.1 Å². The van der Waals surface area contributed by atoms with E-state index in [-0.39, 0.29) is 6.10 Å². The maximum absolute atomic E-state index is 6.22. The van der Waals surface area contributed by atoms with E-state index in [1.54, 1.807) is 0 Å². The Kier molecular flexibility index (Phi) is 5.63. The molecule has 0 heterocycles. The number of rotatable bonds is 7. The summed E-state index contributed by atoms with van der Waals surface area (Å²) in [6.45, 7) is 6.09. The van der Waals surface area contributed by atoms with E-state index in [0.717, 1.165) is 25.3 Å². The van der Waals surface area contributed by atoms with Gasteiger partial charge in [-0.05, 0) is 37.1 Å². The smallest absolute Gasteiger partial charge is 0.136 e. The van der Waals surface area contributed by atoms with Crippen molar-refractivity contribution in [1.82, 2.24) is 5.32 Å². The average molecular weight is 269 g/mol. The van der Waals surface area contributed by atoms with Gasteiger partial charge in [-0.1, -0.05) is 55.5 Å². The molecule has 0 amide bonds. The van der Waals surface area contributed by atoms with E-state index in [4.69, 9.17) is 4.74 Å². The lowest BCUT2D eigenvalue weighted by Crippen LogP contribution is -2.25. The van der Waals surface area contributed by atoms with Crippen molar-refractivity contribution in [2.24, 2.45) is 0 Å². The molecule has 106 valence electrons. The first-order valence-electron chi connectivity index (χ1n) is 7.29. The van der Waals surface area contributed by atoms with E-state index in [9.17, 15) is 0 Å². The highest BCUT2D eigenvalue weighted by molar-refractivity contribution is 5.33. The van der Waals surface area contributed by atoms with Gasteiger partial charge in [-0.25, -0.2) is 0 Å². The standard InChI is InChI=1S/C18H23NO/c1-3-13-19-14-18(16-10-5-4-6-11-16)20-17-12-8-7-9-15(17)2/h4-12,18-19H,3,13-14H2,1-2H3. The molecule has 2 nitrogen and oxygen atoms in total. The average Bonchev–Trinajstić information content (AvgIpc) is 2.49. The third-order valence-corrected chi connectivity index (χ3v) is 3.29. The predicted molar refractivity (Wildman–Crippen MR) is 84.2 cm³/mol. The van der Waals surface area contributed by atoms with Gasteiger partial charge in [-0.2, -0.15) is 0 Å². The topological polar surface area (TPSA) is 21.3 Å². The van der Waals surface area contributed by atoms with E-state index in [1.807, 2.05) is 24.3 Å². The Balaban J connectivity index is 2.12. The molecular formula is C18H23NO. The van der Waals surface area contributed by atoms with Gasteiger partial charge in [0.05, 0.1) is 0 Å². The Hall–Kier alpha value is -1.80. The summed E-state index contributed by atoms with van der Waals surface area (Å²) in [6, 6.07) is 18.6. The van der Waals surface area contributed by atoms with Crippen LogP contribution in [0, 0.1) is 6.92 Å². The highest BCUT2D eigenvalue weighted by Gasteiger charge is 2.13. The van der Waals surface area contributed by atoms with Crippen molar-refractivity contribution in [3.05, 3.63) is 65.7 Å². The van der Waals surface area contributed by atoms with Gasteiger partial charge in [0, 0.05) is 6.54 Å². The number of hydrogen-bond acceptors (Lipinski definition) is 2. The van der Waals surface area contributed by atoms with Crippen LogP contribution >= 0.6 is 0 Å². The van der Waals surface area contributed by atoms with Crippen LogP contribution in [-0.2, 0) is 0 Å². The summed E-state index contributed by atoms with van der Waals surface area (Å²) < 4.78 is 6.22. The number of hydrogen-bond donors (Lipinski definition) is 1. The number of nitrogens with one attached hydrogen (secondary N) is 1. The molecule has 1 unspecified atom stereocenters. The van der Waals surface area contributed by atoms with Crippen LogP contribution in [0.15, 0.2) is 54.6 Å². The number of benzene rings is 2. The predicted octanol–water partition coefficient (Wildman–Crippen LogP) is 4.11. The van der Waals surface area contributed by atoms with Crippen molar-refractivity contribution in [3.8, 4) is 5.75 Å². The lowest BCUT2D eigenvalue weighted by molar-refractivity contribution is 0.200. The van der Waals surface area contributed by atoms with Crippen LogP contribution in [0.3, 0.4) is 0 Å². The first-order valence-corrected chi connectivity index (χ1v) is 7.29. The zero-order chi connectivity index (χ0) is 14.2. The molecule has 20 heavy (non-hydrogen) atoms. The van der Waals surface area contributed by atoms with E-state index in [2.05, 4.69) is 49.5 Å². The highest BCUT2D eigenvalue weighted by Crippen LogP contribution is 2.24. The zero-order valence-electron chi connectivity index (χ0n) is 12.3. The molecule has 0 saturated heterocycles. The van der Waals surface area contributed by atoms with E-state index < -0.39 is 0 Å². The van der Waals surface area contributed by atoms with Crippen LogP contribution in [0.1, 0.15) is 30.6 Å². The molecule has 0 spiro atoms. The minimum Gasteiger partial charge on any atom is -0.484 e. The molecule has 0 aromatic heterocycles. The Bertz CT molecular complexity index is 510. The molecule has 1 N–H and O–H groups in total. The fourth-order valence-corrected chi connectivity index (χ4v) is 2.15. The van der Waals surface area contributed by atoms with Crippen molar-refractivity contribution in [3.63, 3.8) is 0 Å². The highest BCUT2D eigenvalue weighted by atomic mass is 16.5. The van der Waals surface area contributed by atoms with Crippen molar-refractivity contribution in [2.45, 2.75) is 26.4 Å². The summed E-state index contributed by atoms with van der Waals surface area (Å²) in [7, 11) is 0. The molecule has 2 aromatic carbocycles. The molecule has 0 fully saturated rings. The van der Waals surface area contributed by atoms with Crippen LogP contribution in [0.25, 0.3) is 0 Å². The Morgan fingerprint density at radius 1 is 1.00 bits per heavy atom. The summed E-state index contributed by atoms with van der Waals surface area (Å²) in [5.41, 5.74) is 2.38. The second-order valence-corrected chi connectivity index (χ2v) is 4.99. The van der Waals surface area contributed by atoms with Gasteiger partial charge in [0.1, 0.15) is 11.9 Å². The third kappa shape index (κ3) is 4.10. The fourth-order valence-electron chi connectivity index (χ4n) is 2.15. The maximum atomic E-state index is 6.22. The van der Waals surface area contributed by atoms with Gasteiger partial charge in [0.2, 0.25) is 0 Å². The van der Waals surface area contributed by atoms with Crippen molar-refractivity contribution in [1.29, 1.82) is 0 Å². The van der Waals surface area contributed by atoms with Gasteiger partial charge in [0.25, 0.3) is 0 Å². The quantitative estimate of drug-likeness (QED) is 0.764. The van der Waals surface area contributed by atoms with Crippen molar-refractivity contribution >= 4 is 0 Å². The molecular weight excluding hydrogens is 246 g/mol. The van der Waals surface area contributed by atoms with Crippen LogP contribution in [0.2, 0.25) is 0 Å². The lowest BCUT2D eigenvalue weighted by atomic mass is 10.1. The van der Waals surface area contributed by atoms with Crippen LogP contribution in [-0.4, -0.2) is 13.1 Å². The largest absolute Gasteiger partial charge is 0.484 e. The third-order valence-electron chi connectivity index (χ3n) is 3.29. The molecule has 0 aliphatic rings.